The third-order valence-electron chi connectivity index (χ3n) is 4.68. The second-order valence-corrected chi connectivity index (χ2v) is 5.93. The zero-order chi connectivity index (χ0) is 14.8. The minimum atomic E-state index is -0.645. The van der Waals surface area contributed by atoms with Gasteiger partial charge in [-0.05, 0) is 55.3 Å². The summed E-state index contributed by atoms with van der Waals surface area (Å²) in [5.74, 6) is -0.807. The second-order valence-electron chi connectivity index (χ2n) is 5.93. The number of aliphatic carboxylic acids is 1. The van der Waals surface area contributed by atoms with Crippen molar-refractivity contribution in [2.24, 2.45) is 5.92 Å². The Labute approximate surface area is 125 Å². The molecule has 1 fully saturated rings. The molecule has 0 bridgehead atoms. The highest BCUT2D eigenvalue weighted by molar-refractivity contribution is 5.83. The van der Waals surface area contributed by atoms with Crippen LogP contribution >= 0.6 is 0 Å². The zero-order valence-electron chi connectivity index (χ0n) is 12.3. The van der Waals surface area contributed by atoms with E-state index < -0.39 is 5.97 Å². The van der Waals surface area contributed by atoms with Gasteiger partial charge < -0.3 is 5.11 Å². The van der Waals surface area contributed by atoms with Crippen molar-refractivity contribution in [3.63, 3.8) is 0 Å². The van der Waals surface area contributed by atoms with Crippen LogP contribution in [0.4, 0.5) is 0 Å². The first kappa shape index (κ1) is 14.1. The molecule has 1 atom stereocenters. The lowest BCUT2D eigenvalue weighted by atomic mass is 9.94. The Hall–Kier alpha value is -1.87. The highest BCUT2D eigenvalue weighted by Crippen LogP contribution is 2.28. The number of carbonyl (C=O) groups is 1. The molecule has 1 heterocycles. The Morgan fingerprint density at radius 3 is 2.48 bits per heavy atom. The van der Waals surface area contributed by atoms with Crippen LogP contribution in [0.3, 0.4) is 0 Å². The van der Waals surface area contributed by atoms with Gasteiger partial charge in [-0.2, -0.15) is 0 Å². The maximum atomic E-state index is 11.0. The summed E-state index contributed by atoms with van der Waals surface area (Å²) in [6.07, 6.45) is 1.51. The fourth-order valence-corrected chi connectivity index (χ4v) is 3.21. The van der Waals surface area contributed by atoms with Crippen molar-refractivity contribution in [1.29, 1.82) is 0 Å². The first-order chi connectivity index (χ1) is 10.1. The molecular formula is C18H21NO2. The smallest absolute Gasteiger partial charge is 0.306 e. The minimum Gasteiger partial charge on any atom is -0.481 e. The molecule has 3 nitrogen and oxygen atoms in total. The standard InChI is InChI=1S/C18H21NO2/c1-13(19-10-8-15(9-11-19)18(20)21)16-7-6-14-4-2-3-5-17(14)12-16/h2-7,12-13,15H,8-11H2,1H3,(H,20,21). The molecule has 3 rings (SSSR count). The zero-order valence-corrected chi connectivity index (χ0v) is 12.3. The van der Waals surface area contributed by atoms with E-state index in [4.69, 9.17) is 5.11 Å². The number of hydrogen-bond donors (Lipinski definition) is 1. The van der Waals surface area contributed by atoms with Gasteiger partial charge in [0.1, 0.15) is 0 Å². The highest BCUT2D eigenvalue weighted by Gasteiger charge is 2.27. The molecule has 0 aliphatic carbocycles. The van der Waals surface area contributed by atoms with E-state index in [0.717, 1.165) is 25.9 Å². The largest absolute Gasteiger partial charge is 0.481 e. The Kier molecular flexibility index (Phi) is 3.93. The molecule has 1 saturated heterocycles. The number of carboxylic acid groups (broad SMARTS) is 1. The molecule has 2 aromatic carbocycles. The fourth-order valence-electron chi connectivity index (χ4n) is 3.21. The lowest BCUT2D eigenvalue weighted by Gasteiger charge is -2.35. The normalized spacial score (nSPS) is 18.7. The fraction of sp³-hybridized carbons (Fsp3) is 0.389. The number of benzene rings is 2. The molecule has 21 heavy (non-hydrogen) atoms. The third kappa shape index (κ3) is 2.93. The quantitative estimate of drug-likeness (QED) is 0.933. The van der Waals surface area contributed by atoms with E-state index in [0.29, 0.717) is 6.04 Å². The van der Waals surface area contributed by atoms with Crippen molar-refractivity contribution < 1.29 is 9.90 Å². The summed E-state index contributed by atoms with van der Waals surface area (Å²) in [7, 11) is 0. The van der Waals surface area contributed by atoms with Gasteiger partial charge in [-0.15, -0.1) is 0 Å². The summed E-state index contributed by atoms with van der Waals surface area (Å²) in [6.45, 7) is 3.95. The highest BCUT2D eigenvalue weighted by atomic mass is 16.4. The molecular weight excluding hydrogens is 262 g/mol. The average molecular weight is 283 g/mol. The van der Waals surface area contributed by atoms with Crippen LogP contribution in [0.15, 0.2) is 42.5 Å². The van der Waals surface area contributed by atoms with Crippen LogP contribution in [0.1, 0.15) is 31.4 Å². The molecule has 1 aliphatic heterocycles. The first-order valence-corrected chi connectivity index (χ1v) is 7.60. The number of nitrogens with zero attached hydrogens (tertiary/aromatic N) is 1. The Morgan fingerprint density at radius 1 is 1.14 bits per heavy atom. The summed E-state index contributed by atoms with van der Waals surface area (Å²) in [4.78, 5) is 13.4. The minimum absolute atomic E-state index is 0.162. The molecule has 0 saturated carbocycles. The molecule has 1 N–H and O–H groups in total. The van der Waals surface area contributed by atoms with E-state index >= 15 is 0 Å². The summed E-state index contributed by atoms with van der Waals surface area (Å²) >= 11 is 0. The van der Waals surface area contributed by atoms with Crippen molar-refractivity contribution in [3.05, 3.63) is 48.0 Å². The van der Waals surface area contributed by atoms with Crippen molar-refractivity contribution in [2.75, 3.05) is 13.1 Å². The van der Waals surface area contributed by atoms with Gasteiger partial charge in [0, 0.05) is 6.04 Å². The predicted molar refractivity (Wildman–Crippen MR) is 84.3 cm³/mol. The van der Waals surface area contributed by atoms with E-state index in [9.17, 15) is 4.79 Å². The molecule has 0 radical (unpaired) electrons. The number of rotatable bonds is 3. The SMILES string of the molecule is CC(c1ccc2ccccc2c1)N1CCC(C(=O)O)CC1. The van der Waals surface area contributed by atoms with Gasteiger partial charge in [-0.1, -0.05) is 36.4 Å². The average Bonchev–Trinajstić information content (AvgIpc) is 2.54. The molecule has 0 amide bonds. The lowest BCUT2D eigenvalue weighted by molar-refractivity contribution is -0.143. The van der Waals surface area contributed by atoms with Crippen LogP contribution in [0, 0.1) is 5.92 Å². The van der Waals surface area contributed by atoms with Crippen LogP contribution in [0.25, 0.3) is 10.8 Å². The topological polar surface area (TPSA) is 40.5 Å². The Balaban J connectivity index is 1.75. The van der Waals surface area contributed by atoms with E-state index in [1.807, 2.05) is 0 Å². The van der Waals surface area contributed by atoms with E-state index in [1.165, 1.54) is 16.3 Å². The number of likely N-dealkylation sites (tertiary alicyclic amines) is 1. The van der Waals surface area contributed by atoms with E-state index in [1.54, 1.807) is 0 Å². The summed E-state index contributed by atoms with van der Waals surface area (Å²) in [5, 5.41) is 11.6. The van der Waals surface area contributed by atoms with Crippen LogP contribution in [0.5, 0.6) is 0 Å². The van der Waals surface area contributed by atoms with Crippen LogP contribution in [0.2, 0.25) is 0 Å². The third-order valence-corrected chi connectivity index (χ3v) is 4.68. The van der Waals surface area contributed by atoms with Gasteiger partial charge in [0.25, 0.3) is 0 Å². The molecule has 1 aliphatic rings. The summed E-state index contributed by atoms with van der Waals surface area (Å²) in [6, 6.07) is 15.3. The van der Waals surface area contributed by atoms with Gasteiger partial charge >= 0.3 is 5.97 Å². The van der Waals surface area contributed by atoms with Gasteiger partial charge in [0.05, 0.1) is 5.92 Å². The van der Waals surface area contributed by atoms with E-state index in [2.05, 4.69) is 54.3 Å². The van der Waals surface area contributed by atoms with Crippen LogP contribution < -0.4 is 0 Å². The number of piperidine rings is 1. The number of hydrogen-bond acceptors (Lipinski definition) is 2. The molecule has 1 unspecified atom stereocenters. The lowest BCUT2D eigenvalue weighted by Crippen LogP contribution is -2.37. The molecule has 110 valence electrons. The van der Waals surface area contributed by atoms with Gasteiger partial charge in [0.2, 0.25) is 0 Å². The predicted octanol–water partition coefficient (Wildman–Crippen LogP) is 3.70. The summed E-state index contributed by atoms with van der Waals surface area (Å²) < 4.78 is 0. The van der Waals surface area contributed by atoms with Crippen LogP contribution in [-0.4, -0.2) is 29.1 Å². The number of fused-ring (bicyclic) bond motifs is 1. The van der Waals surface area contributed by atoms with Crippen molar-refractivity contribution in [1.82, 2.24) is 4.90 Å². The maximum absolute atomic E-state index is 11.0. The number of carboxylic acids is 1. The second kappa shape index (κ2) is 5.86. The molecule has 2 aromatic rings. The monoisotopic (exact) mass is 283 g/mol. The summed E-state index contributed by atoms with van der Waals surface area (Å²) in [5.41, 5.74) is 1.31. The Morgan fingerprint density at radius 2 is 1.81 bits per heavy atom. The molecule has 0 aromatic heterocycles. The van der Waals surface area contributed by atoms with Gasteiger partial charge in [-0.3, -0.25) is 9.69 Å². The maximum Gasteiger partial charge on any atom is 0.306 e. The molecule has 3 heteroatoms. The molecule has 0 spiro atoms. The van der Waals surface area contributed by atoms with Gasteiger partial charge in [-0.25, -0.2) is 0 Å². The van der Waals surface area contributed by atoms with Crippen molar-refractivity contribution in [3.8, 4) is 0 Å². The van der Waals surface area contributed by atoms with Crippen LogP contribution in [-0.2, 0) is 4.79 Å². The van der Waals surface area contributed by atoms with Crippen molar-refractivity contribution >= 4 is 16.7 Å². The first-order valence-electron chi connectivity index (χ1n) is 7.60. The van der Waals surface area contributed by atoms with Gasteiger partial charge in [0.15, 0.2) is 0 Å². The Bertz CT molecular complexity index is 644. The van der Waals surface area contributed by atoms with E-state index in [-0.39, 0.29) is 5.92 Å². The van der Waals surface area contributed by atoms with Crippen molar-refractivity contribution in [2.45, 2.75) is 25.8 Å².